The Hall–Kier alpha value is -2.82. The molecular formula is C24H28N2O3. The highest BCUT2D eigenvalue weighted by atomic mass is 16.4. The normalized spacial score (nSPS) is 20.5. The Bertz CT molecular complexity index is 962. The number of nitrogens with one attached hydrogen (secondary N) is 1. The van der Waals surface area contributed by atoms with Crippen LogP contribution in [0.25, 0.3) is 0 Å². The lowest BCUT2D eigenvalue weighted by Gasteiger charge is -2.47. The zero-order valence-electron chi connectivity index (χ0n) is 17.2. The Morgan fingerprint density at radius 3 is 2.52 bits per heavy atom. The van der Waals surface area contributed by atoms with Gasteiger partial charge in [-0.1, -0.05) is 26.0 Å². The van der Waals surface area contributed by atoms with Crippen LogP contribution in [0.15, 0.2) is 42.5 Å². The molecule has 0 spiro atoms. The van der Waals surface area contributed by atoms with Crippen molar-refractivity contribution >= 4 is 17.6 Å². The van der Waals surface area contributed by atoms with Gasteiger partial charge in [-0.2, -0.15) is 0 Å². The summed E-state index contributed by atoms with van der Waals surface area (Å²) in [6, 6.07) is 13.7. The maximum atomic E-state index is 12.6. The first-order valence-electron chi connectivity index (χ1n) is 10.3. The summed E-state index contributed by atoms with van der Waals surface area (Å²) >= 11 is 0. The van der Waals surface area contributed by atoms with Gasteiger partial charge in [-0.15, -0.1) is 0 Å². The van der Waals surface area contributed by atoms with E-state index in [4.69, 9.17) is 0 Å². The zero-order chi connectivity index (χ0) is 20.8. The number of carboxylic acid groups (broad SMARTS) is 1. The van der Waals surface area contributed by atoms with Gasteiger partial charge in [-0.05, 0) is 72.6 Å². The van der Waals surface area contributed by atoms with Crippen LogP contribution in [0.1, 0.15) is 71.0 Å². The number of hydrogen-bond acceptors (Lipinski definition) is 3. The lowest BCUT2D eigenvalue weighted by molar-refractivity contribution is 0.0696. The predicted octanol–water partition coefficient (Wildman–Crippen LogP) is 4.43. The number of hydrogen-bond donors (Lipinski definition) is 2. The molecular weight excluding hydrogens is 364 g/mol. The van der Waals surface area contributed by atoms with Gasteiger partial charge in [0.2, 0.25) is 0 Å². The summed E-state index contributed by atoms with van der Waals surface area (Å²) in [5, 5.41) is 12.4. The molecule has 0 radical (unpaired) electrons. The van der Waals surface area contributed by atoms with Gasteiger partial charge < -0.3 is 15.3 Å². The van der Waals surface area contributed by atoms with Crippen LogP contribution in [0.2, 0.25) is 0 Å². The molecule has 1 atom stereocenters. The topological polar surface area (TPSA) is 69.6 Å². The summed E-state index contributed by atoms with van der Waals surface area (Å²) in [4.78, 5) is 26.2. The highest BCUT2D eigenvalue weighted by Gasteiger charge is 2.39. The second-order valence-electron chi connectivity index (χ2n) is 9.05. The van der Waals surface area contributed by atoms with Crippen molar-refractivity contribution < 1.29 is 14.7 Å². The second kappa shape index (κ2) is 7.21. The van der Waals surface area contributed by atoms with Crippen molar-refractivity contribution in [1.29, 1.82) is 0 Å². The van der Waals surface area contributed by atoms with Crippen LogP contribution in [0.4, 0.5) is 5.69 Å². The second-order valence-corrected chi connectivity index (χ2v) is 9.05. The van der Waals surface area contributed by atoms with Crippen molar-refractivity contribution in [3.8, 4) is 0 Å². The van der Waals surface area contributed by atoms with Gasteiger partial charge in [-0.25, -0.2) is 4.79 Å². The monoisotopic (exact) mass is 392 g/mol. The Balaban J connectivity index is 1.66. The average molecular weight is 392 g/mol. The highest BCUT2D eigenvalue weighted by molar-refractivity contribution is 5.94. The lowest BCUT2D eigenvalue weighted by Crippen LogP contribution is -2.42. The van der Waals surface area contributed by atoms with Crippen LogP contribution in [-0.4, -0.2) is 30.1 Å². The summed E-state index contributed by atoms with van der Waals surface area (Å²) < 4.78 is 0. The van der Waals surface area contributed by atoms with Crippen molar-refractivity contribution in [2.75, 3.05) is 11.9 Å². The third-order valence-electron chi connectivity index (χ3n) is 6.38. The summed E-state index contributed by atoms with van der Waals surface area (Å²) in [6.45, 7) is 4.40. The molecule has 4 rings (SSSR count). The molecule has 1 unspecified atom stereocenters. The summed E-state index contributed by atoms with van der Waals surface area (Å²) in [5.41, 5.74) is 4.09. The fourth-order valence-electron chi connectivity index (χ4n) is 4.80. The number of rotatable bonds is 4. The molecule has 5 nitrogen and oxygen atoms in total. The van der Waals surface area contributed by atoms with Gasteiger partial charge in [0.05, 0.1) is 11.6 Å². The smallest absolute Gasteiger partial charge is 0.335 e. The number of carbonyl (C=O) groups is 2. The molecule has 2 aromatic carbocycles. The van der Waals surface area contributed by atoms with Crippen molar-refractivity contribution in [2.24, 2.45) is 5.41 Å². The third kappa shape index (κ3) is 3.61. The van der Waals surface area contributed by atoms with Crippen LogP contribution in [0, 0.1) is 5.41 Å². The van der Waals surface area contributed by atoms with E-state index < -0.39 is 5.97 Å². The summed E-state index contributed by atoms with van der Waals surface area (Å²) in [5.74, 6) is -0.903. The van der Waals surface area contributed by atoms with Crippen LogP contribution in [-0.2, 0) is 6.42 Å². The molecule has 2 N–H and O–H groups in total. The number of nitrogens with zero attached hydrogens (tertiary/aromatic N) is 1. The van der Waals surface area contributed by atoms with Crippen LogP contribution in [0.5, 0.6) is 0 Å². The number of amides is 1. The van der Waals surface area contributed by atoms with E-state index in [2.05, 4.69) is 30.1 Å². The molecule has 29 heavy (non-hydrogen) atoms. The maximum Gasteiger partial charge on any atom is 0.335 e. The Kier molecular flexibility index (Phi) is 4.85. The number of anilines is 1. The SMILES string of the molecule is CN1c2ccc(C(=O)O)cc2CC(C)(C)C1c1cccc(C(=O)NC2CCC2)c1. The van der Waals surface area contributed by atoms with E-state index in [0.717, 1.165) is 36.1 Å². The molecule has 1 amide bonds. The fraction of sp³-hybridized carbons (Fsp3) is 0.417. The quantitative estimate of drug-likeness (QED) is 0.808. The van der Waals surface area contributed by atoms with Crippen LogP contribution >= 0.6 is 0 Å². The summed E-state index contributed by atoms with van der Waals surface area (Å²) in [6.07, 6.45) is 4.10. The van der Waals surface area contributed by atoms with Gasteiger partial charge in [0.25, 0.3) is 5.91 Å². The number of carboxylic acids is 1. The van der Waals surface area contributed by atoms with E-state index >= 15 is 0 Å². The molecule has 5 heteroatoms. The van der Waals surface area contributed by atoms with E-state index in [0.29, 0.717) is 17.2 Å². The number of aromatic carboxylic acids is 1. The third-order valence-corrected chi connectivity index (χ3v) is 6.38. The lowest BCUT2D eigenvalue weighted by atomic mass is 9.71. The molecule has 1 heterocycles. The molecule has 1 fully saturated rings. The Labute approximate surface area is 171 Å². The average Bonchev–Trinajstić information content (AvgIpc) is 2.63. The molecule has 1 aliphatic carbocycles. The standard InChI is InChI=1S/C24H28N2O3/c1-24(2)14-18-13-17(23(28)29)10-11-20(18)26(3)21(24)15-6-4-7-16(12-15)22(27)25-19-8-5-9-19/h4,6-7,10-13,19,21H,5,8-9,14H2,1-3H3,(H,25,27)(H,28,29). The van der Waals surface area contributed by atoms with Gasteiger partial charge >= 0.3 is 5.97 Å². The molecule has 0 saturated heterocycles. The first-order valence-corrected chi connectivity index (χ1v) is 10.3. The number of fused-ring (bicyclic) bond motifs is 1. The van der Waals surface area contributed by atoms with Gasteiger partial charge in [0.15, 0.2) is 0 Å². The van der Waals surface area contributed by atoms with E-state index in [1.165, 1.54) is 6.42 Å². The molecule has 2 aromatic rings. The zero-order valence-corrected chi connectivity index (χ0v) is 17.2. The van der Waals surface area contributed by atoms with E-state index in [-0.39, 0.29) is 17.4 Å². The van der Waals surface area contributed by atoms with Crippen LogP contribution < -0.4 is 10.2 Å². The van der Waals surface area contributed by atoms with Gasteiger partial charge in [-0.3, -0.25) is 4.79 Å². The molecule has 0 aromatic heterocycles. The first kappa shape index (κ1) is 19.5. The van der Waals surface area contributed by atoms with Crippen molar-refractivity contribution in [1.82, 2.24) is 5.32 Å². The van der Waals surface area contributed by atoms with Crippen LogP contribution in [0.3, 0.4) is 0 Å². The van der Waals surface area contributed by atoms with E-state index in [1.54, 1.807) is 12.1 Å². The minimum Gasteiger partial charge on any atom is -0.478 e. The minimum absolute atomic E-state index is 0.000631. The Morgan fingerprint density at radius 1 is 1.10 bits per heavy atom. The molecule has 2 aliphatic rings. The summed E-state index contributed by atoms with van der Waals surface area (Å²) in [7, 11) is 2.05. The molecule has 0 bridgehead atoms. The minimum atomic E-state index is -0.902. The molecule has 1 aliphatic heterocycles. The highest BCUT2D eigenvalue weighted by Crippen LogP contribution is 2.48. The van der Waals surface area contributed by atoms with Crippen molar-refractivity contribution in [3.05, 3.63) is 64.7 Å². The molecule has 1 saturated carbocycles. The van der Waals surface area contributed by atoms with Gasteiger partial charge in [0.1, 0.15) is 0 Å². The predicted molar refractivity (Wildman–Crippen MR) is 114 cm³/mol. The fourth-order valence-corrected chi connectivity index (χ4v) is 4.80. The van der Waals surface area contributed by atoms with E-state index in [9.17, 15) is 14.7 Å². The van der Waals surface area contributed by atoms with Crippen molar-refractivity contribution in [2.45, 2.75) is 51.6 Å². The van der Waals surface area contributed by atoms with Crippen molar-refractivity contribution in [3.63, 3.8) is 0 Å². The van der Waals surface area contributed by atoms with Gasteiger partial charge in [0, 0.05) is 24.3 Å². The molecule has 152 valence electrons. The Morgan fingerprint density at radius 2 is 1.86 bits per heavy atom. The van der Waals surface area contributed by atoms with E-state index in [1.807, 2.05) is 31.3 Å². The number of benzene rings is 2. The largest absolute Gasteiger partial charge is 0.478 e. The maximum absolute atomic E-state index is 12.6. The first-order chi connectivity index (χ1) is 13.8. The number of carbonyl (C=O) groups excluding carboxylic acids is 1.